The lowest BCUT2D eigenvalue weighted by Crippen LogP contribution is -2.17. The Bertz CT molecular complexity index is 594. The van der Waals surface area contributed by atoms with Crippen molar-refractivity contribution in [1.29, 1.82) is 0 Å². The first kappa shape index (κ1) is 27.2. The Hall–Kier alpha value is -1.84. The standard InChI is InChI=1S/C27H44O4/c1-4-7-8-9-10-11-12-13-14-15-16-22-30-26(28)23-18-20-24(21-19-23)27(29)31-25(6-3)17-5-2/h18-21,25H,4-17,22H2,1-3H3. The van der Waals surface area contributed by atoms with Crippen molar-refractivity contribution in [3.63, 3.8) is 0 Å². The van der Waals surface area contributed by atoms with E-state index in [1.54, 1.807) is 24.3 Å². The van der Waals surface area contributed by atoms with Gasteiger partial charge in [0.15, 0.2) is 0 Å². The van der Waals surface area contributed by atoms with Crippen LogP contribution in [0.3, 0.4) is 0 Å². The highest BCUT2D eigenvalue weighted by molar-refractivity contribution is 5.93. The molecule has 0 fully saturated rings. The molecule has 0 radical (unpaired) electrons. The molecule has 1 atom stereocenters. The summed E-state index contributed by atoms with van der Waals surface area (Å²) in [6, 6.07) is 6.56. The van der Waals surface area contributed by atoms with E-state index in [0.29, 0.717) is 17.7 Å². The van der Waals surface area contributed by atoms with Crippen molar-refractivity contribution in [2.75, 3.05) is 6.61 Å². The minimum absolute atomic E-state index is 0.0482. The molecule has 0 amide bonds. The van der Waals surface area contributed by atoms with Gasteiger partial charge >= 0.3 is 11.9 Å². The number of ether oxygens (including phenoxy) is 2. The zero-order chi connectivity index (χ0) is 22.7. The first-order chi connectivity index (χ1) is 15.1. The average molecular weight is 433 g/mol. The lowest BCUT2D eigenvalue weighted by Gasteiger charge is -2.15. The molecule has 0 aliphatic carbocycles. The second kappa shape index (κ2) is 17.8. The third kappa shape index (κ3) is 12.6. The zero-order valence-corrected chi connectivity index (χ0v) is 20.1. The Kier molecular flexibility index (Phi) is 15.6. The number of rotatable bonds is 18. The molecule has 0 aliphatic heterocycles. The van der Waals surface area contributed by atoms with Crippen LogP contribution in [0.4, 0.5) is 0 Å². The molecule has 176 valence electrons. The van der Waals surface area contributed by atoms with Crippen LogP contribution in [0.25, 0.3) is 0 Å². The zero-order valence-electron chi connectivity index (χ0n) is 20.1. The molecule has 4 nitrogen and oxygen atoms in total. The summed E-state index contributed by atoms with van der Waals surface area (Å²) in [7, 11) is 0. The summed E-state index contributed by atoms with van der Waals surface area (Å²) >= 11 is 0. The summed E-state index contributed by atoms with van der Waals surface area (Å²) in [6.07, 6.45) is 16.6. The molecule has 0 saturated carbocycles. The Balaban J connectivity index is 2.16. The van der Waals surface area contributed by atoms with E-state index in [2.05, 4.69) is 13.8 Å². The second-order valence-corrected chi connectivity index (χ2v) is 8.47. The number of esters is 2. The average Bonchev–Trinajstić information content (AvgIpc) is 2.79. The summed E-state index contributed by atoms with van der Waals surface area (Å²) in [5.41, 5.74) is 0.941. The number of hydrogen-bond acceptors (Lipinski definition) is 4. The summed E-state index contributed by atoms with van der Waals surface area (Å²) in [5.74, 6) is -0.661. The van der Waals surface area contributed by atoms with Crippen LogP contribution in [0.2, 0.25) is 0 Å². The fourth-order valence-corrected chi connectivity index (χ4v) is 3.64. The van der Waals surface area contributed by atoms with Gasteiger partial charge in [-0.3, -0.25) is 0 Å². The van der Waals surface area contributed by atoms with Crippen LogP contribution in [0.1, 0.15) is 131 Å². The molecule has 31 heavy (non-hydrogen) atoms. The summed E-state index contributed by atoms with van der Waals surface area (Å²) in [4.78, 5) is 24.4. The first-order valence-electron chi connectivity index (χ1n) is 12.6. The summed E-state index contributed by atoms with van der Waals surface area (Å²) in [6.45, 7) is 6.80. The van der Waals surface area contributed by atoms with E-state index < -0.39 is 0 Å². The first-order valence-corrected chi connectivity index (χ1v) is 12.6. The maximum Gasteiger partial charge on any atom is 0.338 e. The Morgan fingerprint density at radius 3 is 1.65 bits per heavy atom. The fraction of sp³-hybridized carbons (Fsp3) is 0.704. The minimum Gasteiger partial charge on any atom is -0.462 e. The lowest BCUT2D eigenvalue weighted by atomic mass is 10.1. The van der Waals surface area contributed by atoms with E-state index >= 15 is 0 Å². The molecule has 0 N–H and O–H groups in total. The van der Waals surface area contributed by atoms with Crippen LogP contribution in [0.5, 0.6) is 0 Å². The summed E-state index contributed by atoms with van der Waals surface area (Å²) in [5, 5.41) is 0. The van der Waals surface area contributed by atoms with Crippen molar-refractivity contribution >= 4 is 11.9 Å². The molecule has 0 spiro atoms. The Labute approximate surface area is 190 Å². The van der Waals surface area contributed by atoms with E-state index in [4.69, 9.17) is 9.47 Å². The molecule has 1 rings (SSSR count). The van der Waals surface area contributed by atoms with E-state index in [0.717, 1.165) is 32.1 Å². The van der Waals surface area contributed by atoms with E-state index in [1.165, 1.54) is 57.8 Å². The minimum atomic E-state index is -0.332. The van der Waals surface area contributed by atoms with Crippen LogP contribution in [-0.4, -0.2) is 24.6 Å². The van der Waals surface area contributed by atoms with Crippen molar-refractivity contribution in [3.05, 3.63) is 35.4 Å². The number of carbonyl (C=O) groups excluding carboxylic acids is 2. The van der Waals surface area contributed by atoms with Gasteiger partial charge in [-0.15, -0.1) is 0 Å². The SMILES string of the molecule is CCCCCCCCCCCCCOC(=O)c1ccc(C(=O)OC(CC)CCC)cc1. The van der Waals surface area contributed by atoms with E-state index in [1.807, 2.05) is 6.92 Å². The topological polar surface area (TPSA) is 52.6 Å². The van der Waals surface area contributed by atoms with Gasteiger partial charge in [0, 0.05) is 0 Å². The van der Waals surface area contributed by atoms with Crippen LogP contribution >= 0.6 is 0 Å². The van der Waals surface area contributed by atoms with Crippen molar-refractivity contribution < 1.29 is 19.1 Å². The van der Waals surface area contributed by atoms with E-state index in [9.17, 15) is 9.59 Å². The van der Waals surface area contributed by atoms with Crippen LogP contribution in [0.15, 0.2) is 24.3 Å². The molecule has 1 aromatic rings. The fourth-order valence-electron chi connectivity index (χ4n) is 3.64. The monoisotopic (exact) mass is 432 g/mol. The molecular weight excluding hydrogens is 388 g/mol. The number of carbonyl (C=O) groups is 2. The second-order valence-electron chi connectivity index (χ2n) is 8.47. The van der Waals surface area contributed by atoms with Gasteiger partial charge in [0.05, 0.1) is 17.7 Å². The molecule has 0 aliphatic rings. The van der Waals surface area contributed by atoms with Gasteiger partial charge in [0.2, 0.25) is 0 Å². The largest absolute Gasteiger partial charge is 0.462 e. The van der Waals surface area contributed by atoms with Gasteiger partial charge in [-0.1, -0.05) is 91.4 Å². The van der Waals surface area contributed by atoms with Gasteiger partial charge in [0.25, 0.3) is 0 Å². The number of benzene rings is 1. The van der Waals surface area contributed by atoms with Crippen molar-refractivity contribution in [2.45, 2.75) is 117 Å². The Morgan fingerprint density at radius 1 is 0.677 bits per heavy atom. The summed E-state index contributed by atoms with van der Waals surface area (Å²) < 4.78 is 10.9. The van der Waals surface area contributed by atoms with E-state index in [-0.39, 0.29) is 18.0 Å². The normalized spacial score (nSPS) is 11.8. The molecule has 0 aromatic heterocycles. The molecule has 1 unspecified atom stereocenters. The van der Waals surface area contributed by atoms with Crippen LogP contribution < -0.4 is 0 Å². The highest BCUT2D eigenvalue weighted by Gasteiger charge is 2.15. The van der Waals surface area contributed by atoms with Crippen molar-refractivity contribution in [1.82, 2.24) is 0 Å². The maximum absolute atomic E-state index is 12.2. The highest BCUT2D eigenvalue weighted by Crippen LogP contribution is 2.14. The number of hydrogen-bond donors (Lipinski definition) is 0. The van der Waals surface area contributed by atoms with Crippen molar-refractivity contribution in [2.24, 2.45) is 0 Å². The molecule has 0 bridgehead atoms. The molecule has 4 heteroatoms. The van der Waals surface area contributed by atoms with Crippen LogP contribution in [-0.2, 0) is 9.47 Å². The molecule has 0 heterocycles. The van der Waals surface area contributed by atoms with Gasteiger partial charge in [-0.05, 0) is 43.5 Å². The van der Waals surface area contributed by atoms with Gasteiger partial charge in [0.1, 0.15) is 6.10 Å². The van der Waals surface area contributed by atoms with Gasteiger partial charge < -0.3 is 9.47 Å². The quantitative estimate of drug-likeness (QED) is 0.175. The molecule has 0 saturated heterocycles. The maximum atomic E-state index is 12.2. The molecular formula is C27H44O4. The predicted octanol–water partition coefficient (Wildman–Crippen LogP) is 7.89. The highest BCUT2D eigenvalue weighted by atomic mass is 16.5. The lowest BCUT2D eigenvalue weighted by molar-refractivity contribution is 0.0270. The third-order valence-electron chi connectivity index (χ3n) is 5.68. The smallest absolute Gasteiger partial charge is 0.338 e. The van der Waals surface area contributed by atoms with Gasteiger partial charge in [-0.2, -0.15) is 0 Å². The molecule has 1 aromatic carbocycles. The van der Waals surface area contributed by atoms with Crippen molar-refractivity contribution in [3.8, 4) is 0 Å². The van der Waals surface area contributed by atoms with Crippen LogP contribution in [0, 0.1) is 0 Å². The Morgan fingerprint density at radius 2 is 1.16 bits per heavy atom. The third-order valence-corrected chi connectivity index (χ3v) is 5.68. The van der Waals surface area contributed by atoms with Gasteiger partial charge in [-0.25, -0.2) is 9.59 Å². The number of unbranched alkanes of at least 4 members (excludes halogenated alkanes) is 10. The predicted molar refractivity (Wildman–Crippen MR) is 128 cm³/mol.